The normalized spacial score (nSPS) is 25.1. The smallest absolute Gasteiger partial charge is 0.239 e. The third-order valence-corrected chi connectivity index (χ3v) is 3.66. The predicted molar refractivity (Wildman–Crippen MR) is 61.0 cm³/mol. The van der Waals surface area contributed by atoms with Gasteiger partial charge in [0.25, 0.3) is 0 Å². The highest BCUT2D eigenvalue weighted by molar-refractivity contribution is 8.00. The molecule has 0 aromatic rings. The first-order valence-electron chi connectivity index (χ1n) is 5.49. The summed E-state index contributed by atoms with van der Waals surface area (Å²) in [5.41, 5.74) is 0. The van der Waals surface area contributed by atoms with E-state index in [-0.39, 0.29) is 24.5 Å². The van der Waals surface area contributed by atoms with Gasteiger partial charge in [0.2, 0.25) is 11.8 Å². The van der Waals surface area contributed by atoms with E-state index in [0.29, 0.717) is 18.2 Å². The molecule has 0 aromatic carbocycles. The number of amides is 2. The minimum absolute atomic E-state index is 0.0530. The number of hydrogen-bond acceptors (Lipinski definition) is 4. The molecule has 2 heterocycles. The average molecular weight is 244 g/mol. The second-order valence-corrected chi connectivity index (χ2v) is 4.96. The quantitative estimate of drug-likeness (QED) is 0.745. The molecule has 0 radical (unpaired) electrons. The lowest BCUT2D eigenvalue weighted by Gasteiger charge is -2.15. The van der Waals surface area contributed by atoms with Crippen LogP contribution in [-0.2, 0) is 14.3 Å². The molecule has 6 heteroatoms. The molecule has 1 N–H and O–H groups in total. The molecule has 0 aliphatic carbocycles. The molecule has 2 aliphatic rings. The zero-order valence-corrected chi connectivity index (χ0v) is 9.92. The van der Waals surface area contributed by atoms with Crippen LogP contribution < -0.4 is 5.32 Å². The molecule has 0 unspecified atom stereocenters. The van der Waals surface area contributed by atoms with Gasteiger partial charge in [0.1, 0.15) is 6.54 Å². The monoisotopic (exact) mass is 244 g/mol. The maximum atomic E-state index is 11.5. The number of rotatable bonds is 4. The summed E-state index contributed by atoms with van der Waals surface area (Å²) in [5, 5.41) is 2.80. The SMILES string of the molecule is O=C(CN1CSCC1=O)NC[C@@H]1CCCO1. The number of ether oxygens (including phenoxy) is 1. The Balaban J connectivity index is 1.65. The summed E-state index contributed by atoms with van der Waals surface area (Å²) in [6.07, 6.45) is 2.24. The number of thioether (sulfide) groups is 1. The van der Waals surface area contributed by atoms with E-state index in [0.717, 1.165) is 19.4 Å². The van der Waals surface area contributed by atoms with Gasteiger partial charge in [0.15, 0.2) is 0 Å². The summed E-state index contributed by atoms with van der Waals surface area (Å²) in [4.78, 5) is 24.4. The third kappa shape index (κ3) is 3.12. The summed E-state index contributed by atoms with van der Waals surface area (Å²) in [6, 6.07) is 0. The zero-order chi connectivity index (χ0) is 11.4. The van der Waals surface area contributed by atoms with Crippen molar-refractivity contribution in [2.75, 3.05) is 31.3 Å². The van der Waals surface area contributed by atoms with Gasteiger partial charge in [0, 0.05) is 13.2 Å². The molecule has 0 bridgehead atoms. The van der Waals surface area contributed by atoms with Crippen LogP contribution in [0.25, 0.3) is 0 Å². The largest absolute Gasteiger partial charge is 0.376 e. The van der Waals surface area contributed by atoms with Crippen molar-refractivity contribution in [3.63, 3.8) is 0 Å². The fourth-order valence-corrected chi connectivity index (χ4v) is 2.71. The van der Waals surface area contributed by atoms with Crippen LogP contribution in [0.4, 0.5) is 0 Å². The number of nitrogens with one attached hydrogen (secondary N) is 1. The van der Waals surface area contributed by atoms with Gasteiger partial charge in [-0.15, -0.1) is 11.8 Å². The predicted octanol–water partition coefficient (Wildman–Crippen LogP) is -0.185. The van der Waals surface area contributed by atoms with Crippen LogP contribution in [0.15, 0.2) is 0 Å². The highest BCUT2D eigenvalue weighted by Gasteiger charge is 2.23. The third-order valence-electron chi connectivity index (χ3n) is 2.71. The second-order valence-electron chi connectivity index (χ2n) is 4.01. The van der Waals surface area contributed by atoms with Crippen LogP contribution in [0.5, 0.6) is 0 Å². The fraction of sp³-hybridized carbons (Fsp3) is 0.800. The van der Waals surface area contributed by atoms with E-state index in [2.05, 4.69) is 5.32 Å². The van der Waals surface area contributed by atoms with Crippen molar-refractivity contribution < 1.29 is 14.3 Å². The summed E-state index contributed by atoms with van der Waals surface area (Å²) in [6.45, 7) is 1.54. The molecule has 5 nitrogen and oxygen atoms in total. The maximum absolute atomic E-state index is 11.5. The molecule has 0 saturated carbocycles. The topological polar surface area (TPSA) is 58.6 Å². The van der Waals surface area contributed by atoms with Gasteiger partial charge >= 0.3 is 0 Å². The van der Waals surface area contributed by atoms with Gasteiger partial charge < -0.3 is 15.0 Å². The Labute approximate surface area is 98.9 Å². The lowest BCUT2D eigenvalue weighted by molar-refractivity contribution is -0.132. The Kier molecular flexibility index (Phi) is 4.06. The van der Waals surface area contributed by atoms with E-state index < -0.39 is 0 Å². The van der Waals surface area contributed by atoms with E-state index in [1.54, 1.807) is 16.7 Å². The Morgan fingerprint density at radius 3 is 3.12 bits per heavy atom. The maximum Gasteiger partial charge on any atom is 0.239 e. The molecular weight excluding hydrogens is 228 g/mol. The van der Waals surface area contributed by atoms with Crippen LogP contribution in [0, 0.1) is 0 Å². The van der Waals surface area contributed by atoms with Gasteiger partial charge in [-0.05, 0) is 12.8 Å². The van der Waals surface area contributed by atoms with Crippen molar-refractivity contribution in [3.05, 3.63) is 0 Å². The van der Waals surface area contributed by atoms with E-state index in [1.807, 2.05) is 0 Å². The fourth-order valence-electron chi connectivity index (χ4n) is 1.80. The van der Waals surface area contributed by atoms with Gasteiger partial charge in [-0.25, -0.2) is 0 Å². The highest BCUT2D eigenvalue weighted by Crippen LogP contribution is 2.14. The molecule has 2 rings (SSSR count). The standard InChI is InChI=1S/C10H16N2O3S/c13-9(5-12-7-16-6-10(12)14)11-4-8-2-1-3-15-8/h8H,1-7H2,(H,11,13)/t8-/m0/s1. The molecular formula is C10H16N2O3S. The first-order chi connectivity index (χ1) is 7.75. The van der Waals surface area contributed by atoms with Crippen LogP contribution in [0.3, 0.4) is 0 Å². The molecule has 2 aliphatic heterocycles. The van der Waals surface area contributed by atoms with Crippen LogP contribution in [0.1, 0.15) is 12.8 Å². The molecule has 90 valence electrons. The van der Waals surface area contributed by atoms with Crippen LogP contribution >= 0.6 is 11.8 Å². The van der Waals surface area contributed by atoms with E-state index in [9.17, 15) is 9.59 Å². The summed E-state index contributed by atoms with van der Waals surface area (Å²) in [7, 11) is 0. The van der Waals surface area contributed by atoms with Crippen molar-refractivity contribution in [1.29, 1.82) is 0 Å². The number of carbonyl (C=O) groups is 2. The molecule has 16 heavy (non-hydrogen) atoms. The first kappa shape index (κ1) is 11.7. The van der Waals surface area contributed by atoms with Crippen molar-refractivity contribution in [1.82, 2.24) is 10.2 Å². The van der Waals surface area contributed by atoms with Gasteiger partial charge in [-0.3, -0.25) is 9.59 Å². The summed E-state index contributed by atoms with van der Waals surface area (Å²) < 4.78 is 5.40. The Hall–Kier alpha value is -0.750. The highest BCUT2D eigenvalue weighted by atomic mass is 32.2. The van der Waals surface area contributed by atoms with E-state index in [4.69, 9.17) is 4.74 Å². The van der Waals surface area contributed by atoms with Crippen molar-refractivity contribution in [3.8, 4) is 0 Å². The average Bonchev–Trinajstić information content (AvgIpc) is 2.88. The number of hydrogen-bond donors (Lipinski definition) is 1. The van der Waals surface area contributed by atoms with Crippen molar-refractivity contribution in [2.45, 2.75) is 18.9 Å². The van der Waals surface area contributed by atoms with E-state index in [1.165, 1.54) is 0 Å². The Morgan fingerprint density at radius 2 is 2.50 bits per heavy atom. The van der Waals surface area contributed by atoms with E-state index >= 15 is 0 Å². The molecule has 2 fully saturated rings. The molecule has 2 amide bonds. The van der Waals surface area contributed by atoms with Crippen LogP contribution in [0.2, 0.25) is 0 Å². The minimum atomic E-state index is -0.0913. The van der Waals surface area contributed by atoms with Gasteiger partial charge in [-0.1, -0.05) is 0 Å². The Morgan fingerprint density at radius 1 is 1.62 bits per heavy atom. The molecule has 0 spiro atoms. The van der Waals surface area contributed by atoms with Crippen molar-refractivity contribution >= 4 is 23.6 Å². The molecule has 2 saturated heterocycles. The first-order valence-corrected chi connectivity index (χ1v) is 6.65. The van der Waals surface area contributed by atoms with Gasteiger partial charge in [0.05, 0.1) is 17.7 Å². The van der Waals surface area contributed by atoms with Gasteiger partial charge in [-0.2, -0.15) is 0 Å². The second kappa shape index (κ2) is 5.54. The summed E-state index contributed by atoms with van der Waals surface area (Å²) >= 11 is 1.55. The lowest BCUT2D eigenvalue weighted by Crippen LogP contribution is -2.40. The van der Waals surface area contributed by atoms with Crippen molar-refractivity contribution in [2.24, 2.45) is 0 Å². The Bertz CT molecular complexity index is 279. The summed E-state index contributed by atoms with van der Waals surface area (Å²) in [5.74, 6) is 1.09. The number of nitrogens with zero attached hydrogens (tertiary/aromatic N) is 1. The number of carbonyl (C=O) groups excluding carboxylic acids is 2. The minimum Gasteiger partial charge on any atom is -0.376 e. The lowest BCUT2D eigenvalue weighted by atomic mass is 10.2. The molecule has 1 atom stereocenters. The zero-order valence-electron chi connectivity index (χ0n) is 9.11. The van der Waals surface area contributed by atoms with Crippen LogP contribution in [-0.4, -0.2) is 54.1 Å². The molecule has 0 aromatic heterocycles.